The number of carbonyl (C=O) groups excluding carboxylic acids is 3. The molecule has 2 N–H and O–H groups in total. The summed E-state index contributed by atoms with van der Waals surface area (Å²) in [5.74, 6) is -1.17. The van der Waals surface area contributed by atoms with Gasteiger partial charge in [-0.3, -0.25) is 24.1 Å². The van der Waals surface area contributed by atoms with Crippen LogP contribution >= 0.6 is 0 Å². The van der Waals surface area contributed by atoms with Gasteiger partial charge in [0.05, 0.1) is 5.92 Å². The maximum Gasteiger partial charge on any atom is 0.303 e. The van der Waals surface area contributed by atoms with E-state index in [-0.39, 0.29) is 42.0 Å². The van der Waals surface area contributed by atoms with E-state index in [4.69, 9.17) is 5.11 Å². The van der Waals surface area contributed by atoms with Crippen molar-refractivity contribution in [1.82, 2.24) is 10.2 Å². The summed E-state index contributed by atoms with van der Waals surface area (Å²) >= 11 is 0. The number of rotatable bonds is 22. The number of nitrogens with zero attached hydrogens (tertiary/aromatic N) is 1. The molecule has 1 aliphatic heterocycles. The van der Waals surface area contributed by atoms with Crippen LogP contribution < -0.4 is 5.32 Å². The van der Waals surface area contributed by atoms with Crippen molar-refractivity contribution in [2.45, 2.75) is 143 Å². The minimum Gasteiger partial charge on any atom is -0.481 e. The summed E-state index contributed by atoms with van der Waals surface area (Å²) < 4.78 is 0. The fourth-order valence-corrected chi connectivity index (χ4v) is 5.03. The lowest BCUT2D eigenvalue weighted by molar-refractivity contribution is -0.141. The first-order chi connectivity index (χ1) is 17.6. The number of nitrogens with one attached hydrogen (secondary N) is 1. The van der Waals surface area contributed by atoms with Gasteiger partial charge in [0.2, 0.25) is 17.7 Å². The first kappa shape index (κ1) is 33.1. The van der Waals surface area contributed by atoms with Gasteiger partial charge in [0.25, 0.3) is 0 Å². The lowest BCUT2D eigenvalue weighted by Gasteiger charge is -2.24. The Bertz CT molecular complexity index is 686. The average molecular weight is 523 g/mol. The number of hydrogen-bond acceptors (Lipinski definition) is 4. The van der Waals surface area contributed by atoms with E-state index in [1.807, 2.05) is 20.8 Å². The van der Waals surface area contributed by atoms with Crippen molar-refractivity contribution in [2.75, 3.05) is 13.1 Å². The molecule has 1 aliphatic rings. The molecule has 3 amide bonds. The van der Waals surface area contributed by atoms with Crippen molar-refractivity contribution in [3.05, 3.63) is 0 Å². The standard InChI is InChI=1S/C30H54N2O5/c1-30(2,3)25-24-27(34)32(29(25)37)23-22-31-26(33)20-18-16-14-12-10-8-6-4-5-7-9-11-13-15-17-19-21-28(35)36/h25H,4-24H2,1-3H3,(H,31,33)(H,35,36). The van der Waals surface area contributed by atoms with Gasteiger partial charge < -0.3 is 10.4 Å². The second-order valence-electron chi connectivity index (χ2n) is 11.9. The summed E-state index contributed by atoms with van der Waals surface area (Å²) in [4.78, 5) is 48.5. The summed E-state index contributed by atoms with van der Waals surface area (Å²) in [7, 11) is 0. The van der Waals surface area contributed by atoms with Crippen molar-refractivity contribution < 1.29 is 24.3 Å². The predicted octanol–water partition coefficient (Wildman–Crippen LogP) is 6.63. The molecule has 7 nitrogen and oxygen atoms in total. The normalized spacial score (nSPS) is 16.0. The molecule has 0 spiro atoms. The zero-order valence-corrected chi connectivity index (χ0v) is 24.0. The van der Waals surface area contributed by atoms with E-state index in [9.17, 15) is 19.2 Å². The lowest BCUT2D eigenvalue weighted by atomic mass is 9.80. The van der Waals surface area contributed by atoms with Crippen LogP contribution in [0.25, 0.3) is 0 Å². The smallest absolute Gasteiger partial charge is 0.303 e. The molecule has 0 aliphatic carbocycles. The molecule has 1 heterocycles. The van der Waals surface area contributed by atoms with Gasteiger partial charge in [0.1, 0.15) is 0 Å². The Labute approximate surface area is 225 Å². The Balaban J connectivity index is 1.86. The third kappa shape index (κ3) is 15.8. The molecule has 0 aromatic heterocycles. The summed E-state index contributed by atoms with van der Waals surface area (Å²) in [5, 5.41) is 11.5. The highest BCUT2D eigenvalue weighted by Gasteiger charge is 2.44. The third-order valence-electron chi connectivity index (χ3n) is 7.49. The molecule has 1 unspecified atom stereocenters. The molecule has 0 radical (unpaired) electrons. The van der Waals surface area contributed by atoms with Gasteiger partial charge in [-0.2, -0.15) is 0 Å². The molecule has 0 bridgehead atoms. The second-order valence-corrected chi connectivity index (χ2v) is 11.9. The Morgan fingerprint density at radius 1 is 0.757 bits per heavy atom. The fourth-order valence-electron chi connectivity index (χ4n) is 5.03. The van der Waals surface area contributed by atoms with Crippen molar-refractivity contribution >= 4 is 23.7 Å². The van der Waals surface area contributed by atoms with E-state index >= 15 is 0 Å². The monoisotopic (exact) mass is 522 g/mol. The van der Waals surface area contributed by atoms with Crippen LogP contribution in [0, 0.1) is 11.3 Å². The van der Waals surface area contributed by atoms with E-state index in [0.717, 1.165) is 25.7 Å². The van der Waals surface area contributed by atoms with E-state index < -0.39 is 5.97 Å². The number of carboxylic acid groups (broad SMARTS) is 1. The van der Waals surface area contributed by atoms with Gasteiger partial charge in [0, 0.05) is 32.4 Å². The van der Waals surface area contributed by atoms with E-state index in [2.05, 4.69) is 5.32 Å². The van der Waals surface area contributed by atoms with Gasteiger partial charge in [-0.15, -0.1) is 0 Å². The maximum absolute atomic E-state index is 12.5. The molecule has 0 aromatic carbocycles. The topological polar surface area (TPSA) is 104 Å². The fraction of sp³-hybridized carbons (Fsp3) is 0.867. The molecular formula is C30H54N2O5. The first-order valence-electron chi connectivity index (χ1n) is 15.0. The Morgan fingerprint density at radius 2 is 1.16 bits per heavy atom. The largest absolute Gasteiger partial charge is 0.481 e. The molecule has 1 rings (SSSR count). The van der Waals surface area contributed by atoms with Crippen molar-refractivity contribution in [2.24, 2.45) is 11.3 Å². The average Bonchev–Trinajstić information content (AvgIpc) is 3.12. The second kappa shape index (κ2) is 19.2. The van der Waals surface area contributed by atoms with Crippen molar-refractivity contribution in [3.63, 3.8) is 0 Å². The number of hydrogen-bond donors (Lipinski definition) is 2. The van der Waals surface area contributed by atoms with E-state index in [1.165, 1.54) is 81.9 Å². The van der Waals surface area contributed by atoms with Gasteiger partial charge in [-0.25, -0.2) is 0 Å². The minimum atomic E-state index is -0.681. The number of carboxylic acids is 1. The third-order valence-corrected chi connectivity index (χ3v) is 7.49. The van der Waals surface area contributed by atoms with E-state index in [0.29, 0.717) is 19.4 Å². The van der Waals surface area contributed by atoms with Gasteiger partial charge >= 0.3 is 5.97 Å². The molecule has 0 saturated carbocycles. The maximum atomic E-state index is 12.5. The summed E-state index contributed by atoms with van der Waals surface area (Å²) in [5.41, 5.74) is -0.224. The molecule has 37 heavy (non-hydrogen) atoms. The number of likely N-dealkylation sites (tertiary alicyclic amines) is 1. The van der Waals surface area contributed by atoms with Gasteiger partial charge in [-0.1, -0.05) is 111 Å². The Hall–Kier alpha value is -1.92. The first-order valence-corrected chi connectivity index (χ1v) is 15.0. The van der Waals surface area contributed by atoms with E-state index in [1.54, 1.807) is 0 Å². The number of amides is 3. The number of unbranched alkanes of at least 4 members (excludes halogenated alkanes) is 15. The summed E-state index contributed by atoms with van der Waals surface area (Å²) in [6, 6.07) is 0. The van der Waals surface area contributed by atoms with Gasteiger partial charge in [0.15, 0.2) is 0 Å². The molecular weight excluding hydrogens is 468 g/mol. The van der Waals surface area contributed by atoms with Crippen LogP contribution in [0.5, 0.6) is 0 Å². The van der Waals surface area contributed by atoms with Crippen LogP contribution in [0.3, 0.4) is 0 Å². The Kier molecular flexibility index (Phi) is 17.2. The number of aliphatic carboxylic acids is 1. The zero-order valence-electron chi connectivity index (χ0n) is 24.0. The van der Waals surface area contributed by atoms with Crippen LogP contribution in [0.1, 0.15) is 143 Å². The number of imide groups is 1. The van der Waals surface area contributed by atoms with Crippen LogP contribution in [0.15, 0.2) is 0 Å². The lowest BCUT2D eigenvalue weighted by Crippen LogP contribution is -2.39. The van der Waals surface area contributed by atoms with Crippen LogP contribution in [0.2, 0.25) is 0 Å². The quantitative estimate of drug-likeness (QED) is 0.123. The molecule has 1 atom stereocenters. The highest BCUT2D eigenvalue weighted by atomic mass is 16.4. The van der Waals surface area contributed by atoms with Crippen LogP contribution in [0.4, 0.5) is 0 Å². The van der Waals surface area contributed by atoms with Crippen LogP contribution in [-0.4, -0.2) is 46.8 Å². The molecule has 214 valence electrons. The zero-order chi connectivity index (χ0) is 27.5. The molecule has 7 heteroatoms. The van der Waals surface area contributed by atoms with Crippen LogP contribution in [-0.2, 0) is 19.2 Å². The SMILES string of the molecule is CC(C)(C)C1CC(=O)N(CCNC(=O)CCCCCCCCCCCCCCCCCCC(=O)O)C1=O. The summed E-state index contributed by atoms with van der Waals surface area (Å²) in [6.45, 7) is 6.55. The molecule has 0 aromatic rings. The van der Waals surface area contributed by atoms with Crippen molar-refractivity contribution in [1.29, 1.82) is 0 Å². The Morgan fingerprint density at radius 3 is 1.54 bits per heavy atom. The van der Waals surface area contributed by atoms with Gasteiger partial charge in [-0.05, 0) is 18.3 Å². The minimum absolute atomic E-state index is 0.00431. The van der Waals surface area contributed by atoms with Crippen molar-refractivity contribution in [3.8, 4) is 0 Å². The highest BCUT2D eigenvalue weighted by Crippen LogP contribution is 2.35. The number of carbonyl (C=O) groups is 4. The summed E-state index contributed by atoms with van der Waals surface area (Å²) in [6.07, 6.45) is 20.2. The molecule has 1 saturated heterocycles. The predicted molar refractivity (Wildman–Crippen MR) is 148 cm³/mol. The highest BCUT2D eigenvalue weighted by molar-refractivity contribution is 6.03. The molecule has 1 fully saturated rings.